The highest BCUT2D eigenvalue weighted by Crippen LogP contribution is 2.30. The van der Waals surface area contributed by atoms with Crippen molar-refractivity contribution < 1.29 is 9.47 Å². The van der Waals surface area contributed by atoms with Gasteiger partial charge in [-0.15, -0.1) is 0 Å². The summed E-state index contributed by atoms with van der Waals surface area (Å²) < 4.78 is 11.1. The third-order valence-electron chi connectivity index (χ3n) is 3.78. The predicted molar refractivity (Wildman–Crippen MR) is 80.9 cm³/mol. The van der Waals surface area contributed by atoms with Gasteiger partial charge in [-0.2, -0.15) is 5.10 Å². The molecular formula is C16H21N3O2. The van der Waals surface area contributed by atoms with E-state index in [9.17, 15) is 0 Å². The van der Waals surface area contributed by atoms with E-state index in [0.717, 1.165) is 42.4 Å². The number of fused-ring (bicyclic) bond motifs is 1. The summed E-state index contributed by atoms with van der Waals surface area (Å²) in [4.78, 5) is 0. The van der Waals surface area contributed by atoms with Crippen LogP contribution in [0.15, 0.2) is 18.2 Å². The van der Waals surface area contributed by atoms with Crippen LogP contribution in [0.25, 0.3) is 0 Å². The third kappa shape index (κ3) is 3.19. The Hall–Kier alpha value is -2.01. The predicted octanol–water partition coefficient (Wildman–Crippen LogP) is 2.13. The van der Waals surface area contributed by atoms with Crippen LogP contribution in [0.1, 0.15) is 22.5 Å². The molecule has 1 aliphatic heterocycles. The van der Waals surface area contributed by atoms with E-state index >= 15 is 0 Å². The number of ether oxygens (including phenoxy) is 2. The Morgan fingerprint density at radius 2 is 2.00 bits per heavy atom. The zero-order chi connectivity index (χ0) is 14.7. The molecule has 5 nitrogen and oxygen atoms in total. The maximum Gasteiger partial charge on any atom is 0.161 e. The SMILES string of the molecule is Cc1n[nH]c(C)c1CNCCc1ccc2c(c1)OCCO2. The molecule has 0 radical (unpaired) electrons. The van der Waals surface area contributed by atoms with Crippen LogP contribution in [0.5, 0.6) is 11.5 Å². The van der Waals surface area contributed by atoms with Gasteiger partial charge in [0.05, 0.1) is 5.69 Å². The minimum atomic E-state index is 0.633. The van der Waals surface area contributed by atoms with Gasteiger partial charge in [0, 0.05) is 17.8 Å². The van der Waals surface area contributed by atoms with Crippen LogP contribution in [-0.2, 0) is 13.0 Å². The number of H-pyrrole nitrogens is 1. The summed E-state index contributed by atoms with van der Waals surface area (Å²) >= 11 is 0. The lowest BCUT2D eigenvalue weighted by atomic mass is 10.1. The summed E-state index contributed by atoms with van der Waals surface area (Å²) in [5.74, 6) is 1.71. The fourth-order valence-corrected chi connectivity index (χ4v) is 2.52. The van der Waals surface area contributed by atoms with Gasteiger partial charge in [-0.05, 0) is 44.5 Å². The lowest BCUT2D eigenvalue weighted by Crippen LogP contribution is -2.18. The minimum absolute atomic E-state index is 0.633. The van der Waals surface area contributed by atoms with Crippen molar-refractivity contribution >= 4 is 0 Å². The molecule has 2 aromatic rings. The van der Waals surface area contributed by atoms with Gasteiger partial charge in [-0.3, -0.25) is 5.10 Å². The molecule has 0 saturated heterocycles. The molecule has 0 atom stereocenters. The molecule has 2 heterocycles. The van der Waals surface area contributed by atoms with Gasteiger partial charge in [0.1, 0.15) is 13.2 Å². The van der Waals surface area contributed by atoms with Crippen LogP contribution >= 0.6 is 0 Å². The zero-order valence-electron chi connectivity index (χ0n) is 12.5. The second-order valence-corrected chi connectivity index (χ2v) is 5.32. The first kappa shape index (κ1) is 13.9. The first-order valence-corrected chi connectivity index (χ1v) is 7.34. The molecule has 0 bridgehead atoms. The van der Waals surface area contributed by atoms with Crippen LogP contribution in [0.3, 0.4) is 0 Å². The number of aromatic amines is 1. The Morgan fingerprint density at radius 3 is 2.76 bits per heavy atom. The molecule has 3 rings (SSSR count). The van der Waals surface area contributed by atoms with E-state index in [1.54, 1.807) is 0 Å². The van der Waals surface area contributed by atoms with Gasteiger partial charge in [-0.25, -0.2) is 0 Å². The summed E-state index contributed by atoms with van der Waals surface area (Å²) in [5.41, 5.74) is 4.73. The number of aromatic nitrogens is 2. The topological polar surface area (TPSA) is 59.2 Å². The number of benzene rings is 1. The summed E-state index contributed by atoms with van der Waals surface area (Å²) in [7, 11) is 0. The third-order valence-corrected chi connectivity index (χ3v) is 3.78. The first-order valence-electron chi connectivity index (χ1n) is 7.34. The Kier molecular flexibility index (Phi) is 4.10. The number of hydrogen-bond acceptors (Lipinski definition) is 4. The van der Waals surface area contributed by atoms with Crippen molar-refractivity contribution in [2.45, 2.75) is 26.8 Å². The van der Waals surface area contributed by atoms with Crippen molar-refractivity contribution in [3.8, 4) is 11.5 Å². The minimum Gasteiger partial charge on any atom is -0.486 e. The molecule has 1 aliphatic rings. The lowest BCUT2D eigenvalue weighted by Gasteiger charge is -2.18. The van der Waals surface area contributed by atoms with E-state index in [2.05, 4.69) is 34.6 Å². The maximum atomic E-state index is 5.60. The second kappa shape index (κ2) is 6.18. The van der Waals surface area contributed by atoms with Crippen molar-refractivity contribution in [2.24, 2.45) is 0 Å². The number of nitrogens with zero attached hydrogens (tertiary/aromatic N) is 1. The Bertz CT molecular complexity index is 602. The fraction of sp³-hybridized carbons (Fsp3) is 0.438. The molecular weight excluding hydrogens is 266 g/mol. The molecule has 0 spiro atoms. The molecule has 0 aliphatic carbocycles. The zero-order valence-corrected chi connectivity index (χ0v) is 12.5. The second-order valence-electron chi connectivity index (χ2n) is 5.32. The number of aryl methyl sites for hydroxylation is 2. The van der Waals surface area contributed by atoms with Crippen LogP contribution in [0.4, 0.5) is 0 Å². The van der Waals surface area contributed by atoms with E-state index in [0.29, 0.717) is 13.2 Å². The first-order chi connectivity index (χ1) is 10.2. The van der Waals surface area contributed by atoms with E-state index in [4.69, 9.17) is 9.47 Å². The fourth-order valence-electron chi connectivity index (χ4n) is 2.52. The maximum absolute atomic E-state index is 5.60. The standard InChI is InChI=1S/C16H21N3O2/c1-11-14(12(2)19-18-11)10-17-6-5-13-3-4-15-16(9-13)21-8-7-20-15/h3-4,9,17H,5-8,10H2,1-2H3,(H,18,19). The number of rotatable bonds is 5. The summed E-state index contributed by atoms with van der Waals surface area (Å²) in [6.45, 7) is 7.12. The molecule has 0 unspecified atom stereocenters. The van der Waals surface area contributed by atoms with Crippen molar-refractivity contribution in [2.75, 3.05) is 19.8 Å². The quantitative estimate of drug-likeness (QED) is 0.827. The van der Waals surface area contributed by atoms with Crippen molar-refractivity contribution in [1.29, 1.82) is 0 Å². The van der Waals surface area contributed by atoms with Gasteiger partial charge >= 0.3 is 0 Å². The smallest absolute Gasteiger partial charge is 0.161 e. The van der Waals surface area contributed by atoms with Crippen LogP contribution < -0.4 is 14.8 Å². The lowest BCUT2D eigenvalue weighted by molar-refractivity contribution is 0.171. The van der Waals surface area contributed by atoms with Gasteiger partial charge < -0.3 is 14.8 Å². The van der Waals surface area contributed by atoms with E-state index in [1.165, 1.54) is 11.1 Å². The molecule has 0 fully saturated rings. The largest absolute Gasteiger partial charge is 0.486 e. The molecule has 1 aromatic heterocycles. The molecule has 2 N–H and O–H groups in total. The van der Waals surface area contributed by atoms with Crippen LogP contribution in [-0.4, -0.2) is 30.0 Å². The van der Waals surface area contributed by atoms with Crippen molar-refractivity contribution in [3.05, 3.63) is 40.7 Å². The Balaban J connectivity index is 1.51. The molecule has 112 valence electrons. The van der Waals surface area contributed by atoms with Crippen molar-refractivity contribution in [3.63, 3.8) is 0 Å². The summed E-state index contributed by atoms with van der Waals surface area (Å²) in [6.07, 6.45) is 0.965. The van der Waals surface area contributed by atoms with Gasteiger partial charge in [-0.1, -0.05) is 6.07 Å². The molecule has 1 aromatic carbocycles. The number of hydrogen-bond donors (Lipinski definition) is 2. The van der Waals surface area contributed by atoms with E-state index in [1.807, 2.05) is 13.0 Å². The van der Waals surface area contributed by atoms with Crippen molar-refractivity contribution in [1.82, 2.24) is 15.5 Å². The van der Waals surface area contributed by atoms with Crippen LogP contribution in [0.2, 0.25) is 0 Å². The highest BCUT2D eigenvalue weighted by molar-refractivity contribution is 5.43. The van der Waals surface area contributed by atoms with Gasteiger partial charge in [0.25, 0.3) is 0 Å². The van der Waals surface area contributed by atoms with E-state index in [-0.39, 0.29) is 0 Å². The number of nitrogens with one attached hydrogen (secondary N) is 2. The highest BCUT2D eigenvalue weighted by Gasteiger charge is 2.11. The van der Waals surface area contributed by atoms with E-state index < -0.39 is 0 Å². The van der Waals surface area contributed by atoms with Gasteiger partial charge in [0.15, 0.2) is 11.5 Å². The molecule has 0 saturated carbocycles. The van der Waals surface area contributed by atoms with Crippen LogP contribution in [0, 0.1) is 13.8 Å². The highest BCUT2D eigenvalue weighted by atomic mass is 16.6. The molecule has 5 heteroatoms. The normalized spacial score (nSPS) is 13.4. The Morgan fingerprint density at radius 1 is 1.19 bits per heavy atom. The molecule has 21 heavy (non-hydrogen) atoms. The monoisotopic (exact) mass is 287 g/mol. The summed E-state index contributed by atoms with van der Waals surface area (Å²) in [5, 5.41) is 10.7. The average Bonchev–Trinajstić information content (AvgIpc) is 2.83. The molecule has 0 amide bonds. The summed E-state index contributed by atoms with van der Waals surface area (Å²) in [6, 6.07) is 6.17. The average molecular weight is 287 g/mol. The van der Waals surface area contributed by atoms with Gasteiger partial charge in [0.2, 0.25) is 0 Å². The Labute approximate surface area is 124 Å².